The molecule has 0 atom stereocenters. The van der Waals surface area contributed by atoms with Crippen LogP contribution < -0.4 is 5.32 Å². The quantitative estimate of drug-likeness (QED) is 0.688. The van der Waals surface area contributed by atoms with Crippen molar-refractivity contribution in [1.29, 1.82) is 0 Å². The molecule has 1 N–H and O–H groups in total. The summed E-state index contributed by atoms with van der Waals surface area (Å²) in [5.41, 5.74) is 5.10. The number of nitrogens with one attached hydrogen (secondary N) is 1. The van der Waals surface area contributed by atoms with Crippen molar-refractivity contribution in [3.05, 3.63) is 81.6 Å². The van der Waals surface area contributed by atoms with Crippen molar-refractivity contribution in [3.63, 3.8) is 0 Å². The molecule has 0 saturated heterocycles. The van der Waals surface area contributed by atoms with Crippen molar-refractivity contribution in [2.75, 3.05) is 5.32 Å². The van der Waals surface area contributed by atoms with E-state index in [1.807, 2.05) is 67.1 Å². The van der Waals surface area contributed by atoms with Crippen molar-refractivity contribution in [1.82, 2.24) is 9.78 Å². The van der Waals surface area contributed by atoms with Gasteiger partial charge in [-0.25, -0.2) is 0 Å². The van der Waals surface area contributed by atoms with Crippen LogP contribution in [-0.2, 0) is 13.0 Å². The maximum absolute atomic E-state index is 12.8. The lowest BCUT2D eigenvalue weighted by atomic mass is 10.1. The van der Waals surface area contributed by atoms with Gasteiger partial charge in [-0.1, -0.05) is 48.9 Å². The Morgan fingerprint density at radius 1 is 1.15 bits per heavy atom. The molecule has 0 aliphatic carbocycles. The first-order valence-corrected chi connectivity index (χ1v) is 9.05. The first-order valence-electron chi connectivity index (χ1n) is 8.67. The summed E-state index contributed by atoms with van der Waals surface area (Å²) < 4.78 is 1.83. The Kier molecular flexibility index (Phi) is 5.43. The zero-order valence-electron chi connectivity index (χ0n) is 15.2. The van der Waals surface area contributed by atoms with Gasteiger partial charge in [0.05, 0.1) is 17.8 Å². The number of nitrogens with zero attached hydrogens (tertiary/aromatic N) is 2. The van der Waals surface area contributed by atoms with Crippen LogP contribution in [0, 0.1) is 13.8 Å². The van der Waals surface area contributed by atoms with Gasteiger partial charge in [-0.2, -0.15) is 5.10 Å². The Balaban J connectivity index is 1.85. The third-order valence-electron chi connectivity index (χ3n) is 4.48. The van der Waals surface area contributed by atoms with Crippen molar-refractivity contribution < 1.29 is 4.79 Å². The zero-order chi connectivity index (χ0) is 18.7. The molecular weight excluding hydrogens is 346 g/mol. The van der Waals surface area contributed by atoms with E-state index in [2.05, 4.69) is 17.3 Å². The lowest BCUT2D eigenvalue weighted by Gasteiger charge is -2.09. The van der Waals surface area contributed by atoms with Gasteiger partial charge in [-0.15, -0.1) is 0 Å². The Morgan fingerprint density at radius 3 is 2.65 bits per heavy atom. The number of hydrogen-bond donors (Lipinski definition) is 1. The molecule has 2 aromatic carbocycles. The molecule has 3 aromatic rings. The molecule has 3 rings (SSSR count). The molecule has 0 spiro atoms. The van der Waals surface area contributed by atoms with Crippen LogP contribution in [0.15, 0.2) is 48.5 Å². The van der Waals surface area contributed by atoms with E-state index in [1.165, 1.54) is 5.56 Å². The van der Waals surface area contributed by atoms with Gasteiger partial charge in [0, 0.05) is 16.4 Å². The van der Waals surface area contributed by atoms with Crippen molar-refractivity contribution in [3.8, 4) is 0 Å². The second-order valence-corrected chi connectivity index (χ2v) is 6.71. The summed E-state index contributed by atoms with van der Waals surface area (Å²) in [5, 5.41) is 8.22. The third-order valence-corrected chi connectivity index (χ3v) is 4.85. The second kappa shape index (κ2) is 7.75. The minimum atomic E-state index is -0.140. The highest BCUT2D eigenvalue weighted by molar-refractivity contribution is 6.31. The predicted molar refractivity (Wildman–Crippen MR) is 106 cm³/mol. The van der Waals surface area contributed by atoms with E-state index in [4.69, 9.17) is 11.6 Å². The van der Waals surface area contributed by atoms with Crippen molar-refractivity contribution in [2.45, 2.75) is 33.7 Å². The minimum Gasteiger partial charge on any atom is -0.322 e. The Morgan fingerprint density at radius 2 is 1.92 bits per heavy atom. The fourth-order valence-electron chi connectivity index (χ4n) is 3.03. The molecule has 1 amide bonds. The molecule has 0 radical (unpaired) electrons. The zero-order valence-corrected chi connectivity index (χ0v) is 16.0. The summed E-state index contributed by atoms with van der Waals surface area (Å²) in [5.74, 6) is -0.140. The summed E-state index contributed by atoms with van der Waals surface area (Å²) >= 11 is 6.25. The number of carbonyl (C=O) groups excluding carboxylic acids is 1. The number of amides is 1. The maximum atomic E-state index is 12.8. The third kappa shape index (κ3) is 3.81. The molecule has 0 aliphatic heterocycles. The van der Waals surface area contributed by atoms with E-state index in [0.29, 0.717) is 22.8 Å². The number of aryl methyl sites for hydroxylation is 2. The van der Waals surface area contributed by atoms with Crippen LogP contribution in [0.2, 0.25) is 5.02 Å². The lowest BCUT2D eigenvalue weighted by Crippen LogP contribution is -2.14. The fraction of sp³-hybridized carbons (Fsp3) is 0.238. The van der Waals surface area contributed by atoms with Crippen LogP contribution in [-0.4, -0.2) is 15.7 Å². The highest BCUT2D eigenvalue weighted by Crippen LogP contribution is 2.21. The van der Waals surface area contributed by atoms with Gasteiger partial charge in [0.25, 0.3) is 5.91 Å². The van der Waals surface area contributed by atoms with Crippen LogP contribution >= 0.6 is 11.6 Å². The van der Waals surface area contributed by atoms with Crippen LogP contribution in [0.3, 0.4) is 0 Å². The van der Waals surface area contributed by atoms with E-state index >= 15 is 0 Å². The van der Waals surface area contributed by atoms with Gasteiger partial charge in [0.1, 0.15) is 0 Å². The molecule has 1 aromatic heterocycles. The number of halogens is 1. The maximum Gasteiger partial charge on any atom is 0.259 e. The van der Waals surface area contributed by atoms with Crippen LogP contribution in [0.4, 0.5) is 5.69 Å². The fourth-order valence-corrected chi connectivity index (χ4v) is 3.23. The van der Waals surface area contributed by atoms with E-state index < -0.39 is 0 Å². The topological polar surface area (TPSA) is 46.9 Å². The molecule has 1 heterocycles. The van der Waals surface area contributed by atoms with Gasteiger partial charge in [0.15, 0.2) is 0 Å². The molecule has 26 heavy (non-hydrogen) atoms. The highest BCUT2D eigenvalue weighted by Gasteiger charge is 2.19. The van der Waals surface area contributed by atoms with Gasteiger partial charge in [0.2, 0.25) is 0 Å². The van der Waals surface area contributed by atoms with Crippen molar-refractivity contribution in [2.24, 2.45) is 0 Å². The Bertz CT molecular complexity index is 946. The predicted octanol–water partition coefficient (Wildman–Crippen LogP) is 5.02. The molecule has 134 valence electrons. The average Bonchev–Trinajstić information content (AvgIpc) is 2.90. The number of benzene rings is 2. The lowest BCUT2D eigenvalue weighted by molar-refractivity contribution is 0.102. The van der Waals surface area contributed by atoms with E-state index in [9.17, 15) is 4.79 Å². The van der Waals surface area contributed by atoms with E-state index in [0.717, 1.165) is 23.4 Å². The SMILES string of the molecule is CCc1cccc(NC(=O)c2c(C)nn(Cc3ccccc3Cl)c2C)c1. The van der Waals surface area contributed by atoms with Gasteiger partial charge >= 0.3 is 0 Å². The van der Waals surface area contributed by atoms with Crippen LogP contribution in [0.1, 0.15) is 39.8 Å². The molecule has 4 nitrogen and oxygen atoms in total. The average molecular weight is 368 g/mol. The number of aromatic nitrogens is 2. The summed E-state index contributed by atoms with van der Waals surface area (Å²) in [6, 6.07) is 15.6. The van der Waals surface area contributed by atoms with E-state index in [-0.39, 0.29) is 5.91 Å². The molecule has 0 aliphatic rings. The summed E-state index contributed by atoms with van der Waals surface area (Å²) in [6.07, 6.45) is 0.928. The monoisotopic (exact) mass is 367 g/mol. The normalized spacial score (nSPS) is 10.8. The first-order chi connectivity index (χ1) is 12.5. The molecular formula is C21H22ClN3O. The van der Waals surface area contributed by atoms with Crippen LogP contribution in [0.25, 0.3) is 0 Å². The van der Waals surface area contributed by atoms with Gasteiger partial charge in [-0.3, -0.25) is 9.48 Å². The highest BCUT2D eigenvalue weighted by atomic mass is 35.5. The molecule has 0 saturated carbocycles. The smallest absolute Gasteiger partial charge is 0.259 e. The minimum absolute atomic E-state index is 0.140. The van der Waals surface area contributed by atoms with Gasteiger partial charge in [-0.05, 0) is 49.6 Å². The summed E-state index contributed by atoms with van der Waals surface area (Å²) in [6.45, 7) is 6.39. The number of carbonyl (C=O) groups is 1. The number of hydrogen-bond acceptors (Lipinski definition) is 2. The number of anilines is 1. The largest absolute Gasteiger partial charge is 0.322 e. The van der Waals surface area contributed by atoms with Gasteiger partial charge < -0.3 is 5.32 Å². The summed E-state index contributed by atoms with van der Waals surface area (Å²) in [4.78, 5) is 12.8. The summed E-state index contributed by atoms with van der Waals surface area (Å²) in [7, 11) is 0. The standard InChI is InChI=1S/C21H22ClN3O/c1-4-16-8-7-10-18(12-16)23-21(26)20-14(2)24-25(15(20)3)13-17-9-5-6-11-19(17)22/h5-12H,4,13H2,1-3H3,(H,23,26). The van der Waals surface area contributed by atoms with Crippen molar-refractivity contribution >= 4 is 23.2 Å². The Labute approximate surface area is 158 Å². The van der Waals surface area contributed by atoms with Crippen LogP contribution in [0.5, 0.6) is 0 Å². The first kappa shape index (κ1) is 18.2. The molecule has 5 heteroatoms. The molecule has 0 unspecified atom stereocenters. The molecule has 0 fully saturated rings. The van der Waals surface area contributed by atoms with E-state index in [1.54, 1.807) is 0 Å². The second-order valence-electron chi connectivity index (χ2n) is 6.30. The number of rotatable bonds is 5. The Hall–Kier alpha value is -2.59. The molecule has 0 bridgehead atoms.